The van der Waals surface area contributed by atoms with Gasteiger partial charge in [0.15, 0.2) is 5.78 Å². The van der Waals surface area contributed by atoms with Gasteiger partial charge in [-0.25, -0.2) is 9.18 Å². The number of hydrogen-bond donors (Lipinski definition) is 2. The van der Waals surface area contributed by atoms with Crippen LogP contribution in [0.25, 0.3) is 0 Å². The molecule has 3 amide bonds. The maximum absolute atomic E-state index is 14.2. The van der Waals surface area contributed by atoms with E-state index in [9.17, 15) is 18.8 Å². The van der Waals surface area contributed by atoms with Gasteiger partial charge in [0.25, 0.3) is 0 Å². The molecule has 1 fully saturated rings. The smallest absolute Gasteiger partial charge is 0.323 e. The number of nitrogens with one attached hydrogen (secondary N) is 1. The van der Waals surface area contributed by atoms with E-state index in [2.05, 4.69) is 5.32 Å². The average Bonchev–Trinajstić information content (AvgIpc) is 3.32. The number of benzene rings is 4. The van der Waals surface area contributed by atoms with Gasteiger partial charge in [-0.3, -0.25) is 9.59 Å². The third kappa shape index (κ3) is 4.78. The van der Waals surface area contributed by atoms with Crippen molar-refractivity contribution in [1.82, 2.24) is 4.90 Å². The molecule has 0 radical (unpaired) electrons. The van der Waals surface area contributed by atoms with Crippen LogP contribution in [0.15, 0.2) is 115 Å². The summed E-state index contributed by atoms with van der Waals surface area (Å²) >= 11 is 0. The van der Waals surface area contributed by atoms with Gasteiger partial charge < -0.3 is 16.0 Å². The Morgan fingerprint density at radius 2 is 1.24 bits per heavy atom. The summed E-state index contributed by atoms with van der Waals surface area (Å²) in [5.74, 6) is -2.88. The maximum atomic E-state index is 14.2. The highest BCUT2D eigenvalue weighted by Crippen LogP contribution is 2.51. The number of urea groups is 1. The minimum absolute atomic E-state index is 0.198. The van der Waals surface area contributed by atoms with E-state index in [-0.39, 0.29) is 5.78 Å². The predicted molar refractivity (Wildman–Crippen MR) is 143 cm³/mol. The normalized spacial score (nSPS) is 20.6. The van der Waals surface area contributed by atoms with Crippen molar-refractivity contribution in [2.45, 2.75) is 18.0 Å². The Labute approximate surface area is 219 Å². The zero-order valence-electron chi connectivity index (χ0n) is 20.4. The Morgan fingerprint density at radius 3 is 1.79 bits per heavy atom. The Kier molecular flexibility index (Phi) is 7.00. The topological polar surface area (TPSA) is 92.5 Å². The minimum atomic E-state index is -1.12. The van der Waals surface area contributed by atoms with Crippen LogP contribution in [0.2, 0.25) is 0 Å². The second-order valence-electron chi connectivity index (χ2n) is 9.24. The first-order valence-corrected chi connectivity index (χ1v) is 12.3. The van der Waals surface area contributed by atoms with Gasteiger partial charge in [-0.2, -0.15) is 0 Å². The molecule has 0 aliphatic carbocycles. The third-order valence-corrected chi connectivity index (χ3v) is 6.97. The quantitative estimate of drug-likeness (QED) is 0.335. The van der Waals surface area contributed by atoms with Gasteiger partial charge >= 0.3 is 6.03 Å². The first-order chi connectivity index (χ1) is 18.5. The standard InChI is InChI=1S/C31H26FN3O3/c32-23-16-18-24(19-17-23)34-31(38)35-27(21-12-6-2-7-13-21)26(29(36)22-14-8-3-9-15-22)25(28(35)30(33)37)20-10-4-1-5-11-20/h1-19,25-28H,(H2,33,37)(H,34,38). The van der Waals surface area contributed by atoms with Crippen molar-refractivity contribution < 1.29 is 18.8 Å². The largest absolute Gasteiger partial charge is 0.368 e. The lowest BCUT2D eigenvalue weighted by atomic mass is 9.76. The van der Waals surface area contributed by atoms with Crippen molar-refractivity contribution >= 4 is 23.4 Å². The number of halogens is 1. The number of primary amides is 1. The molecule has 1 aliphatic heterocycles. The van der Waals surface area contributed by atoms with E-state index >= 15 is 0 Å². The van der Waals surface area contributed by atoms with Gasteiger partial charge in [0.05, 0.1) is 12.0 Å². The summed E-state index contributed by atoms with van der Waals surface area (Å²) in [5.41, 5.74) is 8.23. The van der Waals surface area contributed by atoms with Crippen LogP contribution in [0, 0.1) is 11.7 Å². The lowest BCUT2D eigenvalue weighted by Gasteiger charge is -2.31. The fourth-order valence-electron chi connectivity index (χ4n) is 5.38. The molecule has 1 aliphatic rings. The van der Waals surface area contributed by atoms with Crippen molar-refractivity contribution in [3.8, 4) is 0 Å². The molecule has 3 N–H and O–H groups in total. The number of nitrogens with two attached hydrogens (primary N) is 1. The van der Waals surface area contributed by atoms with Crippen LogP contribution < -0.4 is 11.1 Å². The Balaban J connectivity index is 1.69. The monoisotopic (exact) mass is 507 g/mol. The minimum Gasteiger partial charge on any atom is -0.368 e. The predicted octanol–water partition coefficient (Wildman–Crippen LogP) is 5.55. The molecule has 6 nitrogen and oxygen atoms in total. The van der Waals surface area contributed by atoms with E-state index in [1.165, 1.54) is 29.2 Å². The van der Waals surface area contributed by atoms with Crippen molar-refractivity contribution in [1.29, 1.82) is 0 Å². The lowest BCUT2D eigenvalue weighted by molar-refractivity contribution is -0.122. The van der Waals surface area contributed by atoms with E-state index < -0.39 is 41.7 Å². The van der Waals surface area contributed by atoms with Crippen LogP contribution in [-0.4, -0.2) is 28.7 Å². The summed E-state index contributed by atoms with van der Waals surface area (Å²) in [7, 11) is 0. The van der Waals surface area contributed by atoms with Gasteiger partial charge in [0, 0.05) is 17.2 Å². The molecule has 4 unspecified atom stereocenters. The molecule has 190 valence electrons. The van der Waals surface area contributed by atoms with Gasteiger partial charge in [-0.15, -0.1) is 0 Å². The first-order valence-electron chi connectivity index (χ1n) is 12.3. The van der Waals surface area contributed by atoms with Crippen LogP contribution in [-0.2, 0) is 4.79 Å². The van der Waals surface area contributed by atoms with Crippen LogP contribution >= 0.6 is 0 Å². The first kappa shape index (κ1) is 24.9. The Bertz CT molecular complexity index is 1430. The molecule has 0 aromatic heterocycles. The summed E-state index contributed by atoms with van der Waals surface area (Å²) in [4.78, 5) is 42.6. The molecule has 5 rings (SSSR count). The average molecular weight is 508 g/mol. The number of anilines is 1. The molecule has 4 aromatic rings. The van der Waals surface area contributed by atoms with E-state index in [1.807, 2.05) is 66.7 Å². The molecule has 0 bridgehead atoms. The van der Waals surface area contributed by atoms with E-state index in [0.29, 0.717) is 16.8 Å². The summed E-state index contributed by atoms with van der Waals surface area (Å²) in [5, 5.41) is 2.77. The molecule has 1 saturated heterocycles. The third-order valence-electron chi connectivity index (χ3n) is 6.97. The Morgan fingerprint density at radius 1 is 0.711 bits per heavy atom. The molecule has 38 heavy (non-hydrogen) atoms. The van der Waals surface area contributed by atoms with Gasteiger partial charge in [0.1, 0.15) is 11.9 Å². The number of ketones is 1. The van der Waals surface area contributed by atoms with Crippen molar-refractivity contribution in [3.63, 3.8) is 0 Å². The molecule has 0 spiro atoms. The number of carbonyl (C=O) groups is 3. The number of likely N-dealkylation sites (tertiary alicyclic amines) is 1. The summed E-state index contributed by atoms with van der Waals surface area (Å²) in [6.07, 6.45) is 0. The number of Topliss-reactive ketones (excluding diaryl/α,β-unsaturated/α-hetero) is 1. The number of amides is 3. The lowest BCUT2D eigenvalue weighted by Crippen LogP contribution is -2.48. The van der Waals surface area contributed by atoms with Crippen molar-refractivity contribution in [2.24, 2.45) is 11.7 Å². The van der Waals surface area contributed by atoms with Gasteiger partial charge in [-0.1, -0.05) is 91.0 Å². The number of carbonyl (C=O) groups excluding carboxylic acids is 3. The van der Waals surface area contributed by atoms with E-state index in [0.717, 1.165) is 5.56 Å². The molecular formula is C31H26FN3O3. The number of hydrogen-bond acceptors (Lipinski definition) is 3. The zero-order valence-corrected chi connectivity index (χ0v) is 20.4. The Hall–Kier alpha value is -4.78. The fourth-order valence-corrected chi connectivity index (χ4v) is 5.38. The number of rotatable bonds is 6. The molecule has 0 saturated carbocycles. The van der Waals surface area contributed by atoms with E-state index in [4.69, 9.17) is 5.73 Å². The molecule has 4 atom stereocenters. The molecular weight excluding hydrogens is 481 g/mol. The SMILES string of the molecule is NC(=O)C1C(c2ccccc2)C(C(=O)c2ccccc2)C(c2ccccc2)N1C(=O)Nc1ccc(F)cc1. The second kappa shape index (κ2) is 10.7. The fraction of sp³-hybridized carbons (Fsp3) is 0.129. The van der Waals surface area contributed by atoms with E-state index in [1.54, 1.807) is 24.3 Å². The van der Waals surface area contributed by atoms with Gasteiger partial charge in [0.2, 0.25) is 5.91 Å². The van der Waals surface area contributed by atoms with Gasteiger partial charge in [-0.05, 0) is 35.4 Å². The second-order valence-corrected chi connectivity index (χ2v) is 9.24. The summed E-state index contributed by atoms with van der Waals surface area (Å²) in [6, 6.07) is 30.0. The van der Waals surface area contributed by atoms with Crippen LogP contribution in [0.4, 0.5) is 14.9 Å². The molecule has 7 heteroatoms. The molecule has 1 heterocycles. The van der Waals surface area contributed by atoms with Crippen LogP contribution in [0.5, 0.6) is 0 Å². The summed E-state index contributed by atoms with van der Waals surface area (Å²) < 4.78 is 13.5. The zero-order chi connectivity index (χ0) is 26.6. The highest BCUT2D eigenvalue weighted by Gasteiger charge is 2.57. The summed E-state index contributed by atoms with van der Waals surface area (Å²) in [6.45, 7) is 0. The van der Waals surface area contributed by atoms with Crippen molar-refractivity contribution in [3.05, 3.63) is 138 Å². The highest BCUT2D eigenvalue weighted by atomic mass is 19.1. The number of nitrogens with zero attached hydrogens (tertiary/aromatic N) is 1. The molecule has 4 aromatic carbocycles. The van der Waals surface area contributed by atoms with Crippen LogP contribution in [0.3, 0.4) is 0 Å². The highest BCUT2D eigenvalue weighted by molar-refractivity contribution is 6.02. The maximum Gasteiger partial charge on any atom is 0.323 e. The van der Waals surface area contributed by atoms with Crippen LogP contribution in [0.1, 0.15) is 33.4 Å². The van der Waals surface area contributed by atoms with Crippen molar-refractivity contribution in [2.75, 3.05) is 5.32 Å².